The van der Waals surface area contributed by atoms with Gasteiger partial charge in [0.1, 0.15) is 0 Å². The Kier molecular flexibility index (Phi) is 22.7. The van der Waals surface area contributed by atoms with Crippen LogP contribution in [0.2, 0.25) is 0 Å². The predicted octanol–water partition coefficient (Wildman–Crippen LogP) is 7.01. The molecule has 31 heavy (non-hydrogen) atoms. The van der Waals surface area contributed by atoms with E-state index in [4.69, 9.17) is 14.2 Å². The van der Waals surface area contributed by atoms with E-state index in [1.165, 1.54) is 51.4 Å². The highest BCUT2D eigenvalue weighted by Crippen LogP contribution is 2.18. The molecule has 0 heterocycles. The summed E-state index contributed by atoms with van der Waals surface area (Å²) >= 11 is 0. The average Bonchev–Trinajstić information content (AvgIpc) is 2.76. The molecule has 1 unspecified atom stereocenters. The Morgan fingerprint density at radius 1 is 0.581 bits per heavy atom. The smallest absolute Gasteiger partial charge is 0.305 e. The van der Waals surface area contributed by atoms with Crippen molar-refractivity contribution in [2.24, 2.45) is 5.92 Å². The van der Waals surface area contributed by atoms with Gasteiger partial charge in [-0.25, -0.2) is 0 Å². The molecule has 0 aliphatic heterocycles. The normalized spacial score (nSPS) is 12.0. The first kappa shape index (κ1) is 29.9. The van der Waals surface area contributed by atoms with Crippen molar-refractivity contribution >= 4 is 11.9 Å². The molecule has 0 radical (unpaired) electrons. The lowest BCUT2D eigenvalue weighted by molar-refractivity contribution is -0.144. The third-order valence-corrected chi connectivity index (χ3v) is 5.76. The molecule has 5 nitrogen and oxygen atoms in total. The van der Waals surface area contributed by atoms with Gasteiger partial charge in [-0.2, -0.15) is 0 Å². The molecule has 1 atom stereocenters. The molecule has 0 aromatic heterocycles. The van der Waals surface area contributed by atoms with Crippen molar-refractivity contribution in [2.75, 3.05) is 26.9 Å². The fourth-order valence-corrected chi connectivity index (χ4v) is 3.67. The summed E-state index contributed by atoms with van der Waals surface area (Å²) in [5.41, 5.74) is 0. The van der Waals surface area contributed by atoms with Crippen molar-refractivity contribution in [1.29, 1.82) is 0 Å². The van der Waals surface area contributed by atoms with E-state index in [2.05, 4.69) is 13.8 Å². The summed E-state index contributed by atoms with van der Waals surface area (Å²) in [7, 11) is 1.74. The molecule has 0 fully saturated rings. The molecule has 0 aliphatic rings. The number of carbonyl (C=O) groups is 2. The Bertz CT molecular complexity index is 411. The number of esters is 2. The summed E-state index contributed by atoms with van der Waals surface area (Å²) in [5, 5.41) is 0. The zero-order valence-electron chi connectivity index (χ0n) is 20.8. The van der Waals surface area contributed by atoms with E-state index in [0.29, 0.717) is 32.0 Å². The number of unbranched alkanes of at least 4 members (excludes halogenated alkanes) is 9. The van der Waals surface area contributed by atoms with E-state index in [0.717, 1.165) is 51.6 Å². The van der Waals surface area contributed by atoms with E-state index in [1.54, 1.807) is 7.11 Å². The minimum atomic E-state index is -0.119. The molecule has 0 rings (SSSR count). The van der Waals surface area contributed by atoms with Crippen LogP contribution in [0.3, 0.4) is 0 Å². The van der Waals surface area contributed by atoms with Crippen molar-refractivity contribution in [3.8, 4) is 0 Å². The van der Waals surface area contributed by atoms with Crippen LogP contribution in [0.5, 0.6) is 0 Å². The standard InChI is InChI=1S/C26H50O5/c1-4-6-8-10-15-21-30-25(27)17-13-11-14-18-26(28)31-23-20-24(19-22-29-3)16-12-9-7-5-2/h24H,4-23H2,1-3H3. The molecule has 0 saturated heterocycles. The average molecular weight is 443 g/mol. The van der Waals surface area contributed by atoms with E-state index >= 15 is 0 Å². The van der Waals surface area contributed by atoms with Gasteiger partial charge >= 0.3 is 11.9 Å². The number of carbonyl (C=O) groups excluding carboxylic acids is 2. The second-order valence-electron chi connectivity index (χ2n) is 8.70. The first-order chi connectivity index (χ1) is 15.1. The lowest BCUT2D eigenvalue weighted by Crippen LogP contribution is -2.12. The zero-order chi connectivity index (χ0) is 23.0. The summed E-state index contributed by atoms with van der Waals surface area (Å²) in [6, 6.07) is 0. The first-order valence-electron chi connectivity index (χ1n) is 12.9. The summed E-state index contributed by atoms with van der Waals surface area (Å²) in [6.07, 6.45) is 17.3. The van der Waals surface area contributed by atoms with Gasteiger partial charge in [-0.1, -0.05) is 78.1 Å². The van der Waals surface area contributed by atoms with Crippen LogP contribution in [-0.2, 0) is 23.8 Å². The van der Waals surface area contributed by atoms with Crippen LogP contribution < -0.4 is 0 Å². The Morgan fingerprint density at radius 3 is 1.71 bits per heavy atom. The van der Waals surface area contributed by atoms with E-state index in [1.807, 2.05) is 0 Å². The van der Waals surface area contributed by atoms with Crippen molar-refractivity contribution in [1.82, 2.24) is 0 Å². The maximum atomic E-state index is 11.9. The first-order valence-corrected chi connectivity index (χ1v) is 12.9. The van der Waals surface area contributed by atoms with Gasteiger partial charge in [-0.3, -0.25) is 9.59 Å². The highest BCUT2D eigenvalue weighted by atomic mass is 16.5. The summed E-state index contributed by atoms with van der Waals surface area (Å²) < 4.78 is 15.9. The molecule has 0 amide bonds. The Balaban J connectivity index is 3.66. The Labute approximate surface area is 192 Å². The molecule has 0 bridgehead atoms. The van der Waals surface area contributed by atoms with Crippen LogP contribution in [0, 0.1) is 5.92 Å². The van der Waals surface area contributed by atoms with Crippen LogP contribution >= 0.6 is 0 Å². The lowest BCUT2D eigenvalue weighted by atomic mass is 9.95. The maximum absolute atomic E-state index is 11.9. The summed E-state index contributed by atoms with van der Waals surface area (Å²) in [4.78, 5) is 23.6. The highest BCUT2D eigenvalue weighted by Gasteiger charge is 2.11. The van der Waals surface area contributed by atoms with Crippen LogP contribution in [-0.4, -0.2) is 38.9 Å². The van der Waals surface area contributed by atoms with Crippen LogP contribution in [0.1, 0.15) is 123 Å². The Hall–Kier alpha value is -1.10. The number of ether oxygens (including phenoxy) is 3. The fourth-order valence-electron chi connectivity index (χ4n) is 3.67. The Morgan fingerprint density at radius 2 is 1.10 bits per heavy atom. The molecule has 0 N–H and O–H groups in total. The topological polar surface area (TPSA) is 61.8 Å². The quantitative estimate of drug-likeness (QED) is 0.126. The van der Waals surface area contributed by atoms with Gasteiger partial charge in [0.05, 0.1) is 13.2 Å². The van der Waals surface area contributed by atoms with Gasteiger partial charge in [-0.05, 0) is 38.0 Å². The van der Waals surface area contributed by atoms with Crippen molar-refractivity contribution < 1.29 is 23.8 Å². The number of methoxy groups -OCH3 is 1. The molecule has 0 spiro atoms. The van der Waals surface area contributed by atoms with Crippen LogP contribution in [0.4, 0.5) is 0 Å². The molecule has 184 valence electrons. The minimum absolute atomic E-state index is 0.112. The molecule has 0 saturated carbocycles. The molecule has 0 aliphatic carbocycles. The molecule has 0 aromatic rings. The van der Waals surface area contributed by atoms with Gasteiger partial charge < -0.3 is 14.2 Å². The van der Waals surface area contributed by atoms with Gasteiger partial charge in [0.25, 0.3) is 0 Å². The molecule has 0 aromatic carbocycles. The number of rotatable bonds is 23. The fraction of sp³-hybridized carbons (Fsp3) is 0.923. The van der Waals surface area contributed by atoms with Gasteiger partial charge in [0.15, 0.2) is 0 Å². The van der Waals surface area contributed by atoms with Gasteiger partial charge in [0.2, 0.25) is 0 Å². The molecule has 5 heteroatoms. The maximum Gasteiger partial charge on any atom is 0.305 e. The zero-order valence-corrected chi connectivity index (χ0v) is 20.8. The van der Waals surface area contributed by atoms with Crippen molar-refractivity contribution in [3.05, 3.63) is 0 Å². The summed E-state index contributed by atoms with van der Waals surface area (Å²) in [6.45, 7) is 6.23. The molecular weight excluding hydrogens is 392 g/mol. The van der Waals surface area contributed by atoms with Crippen molar-refractivity contribution in [3.63, 3.8) is 0 Å². The van der Waals surface area contributed by atoms with Crippen LogP contribution in [0.15, 0.2) is 0 Å². The highest BCUT2D eigenvalue weighted by molar-refractivity contribution is 5.69. The van der Waals surface area contributed by atoms with Crippen LogP contribution in [0.25, 0.3) is 0 Å². The minimum Gasteiger partial charge on any atom is -0.466 e. The largest absolute Gasteiger partial charge is 0.466 e. The third kappa shape index (κ3) is 21.9. The third-order valence-electron chi connectivity index (χ3n) is 5.76. The van der Waals surface area contributed by atoms with Gasteiger partial charge in [0, 0.05) is 26.6 Å². The second kappa shape index (κ2) is 23.6. The number of hydrogen-bond donors (Lipinski definition) is 0. The SMILES string of the molecule is CCCCCCCOC(=O)CCCCCC(=O)OCCC(CCCCCC)CCOC. The van der Waals surface area contributed by atoms with Gasteiger partial charge in [-0.15, -0.1) is 0 Å². The summed E-state index contributed by atoms with van der Waals surface area (Å²) in [5.74, 6) is 0.340. The van der Waals surface area contributed by atoms with E-state index in [9.17, 15) is 9.59 Å². The van der Waals surface area contributed by atoms with E-state index < -0.39 is 0 Å². The lowest BCUT2D eigenvalue weighted by Gasteiger charge is -2.16. The predicted molar refractivity (Wildman–Crippen MR) is 127 cm³/mol. The number of hydrogen-bond acceptors (Lipinski definition) is 5. The van der Waals surface area contributed by atoms with Crippen molar-refractivity contribution in [2.45, 2.75) is 123 Å². The second-order valence-corrected chi connectivity index (χ2v) is 8.70. The monoisotopic (exact) mass is 442 g/mol. The molecular formula is C26H50O5. The van der Waals surface area contributed by atoms with E-state index in [-0.39, 0.29) is 11.9 Å².